The van der Waals surface area contributed by atoms with E-state index in [4.69, 9.17) is 9.79 Å². The number of allylic oxidation sites excluding steroid dienone is 1. The fraction of sp³-hybridized carbons (Fsp3) is 0.125. The van der Waals surface area contributed by atoms with E-state index in [1.54, 1.807) is 6.20 Å². The van der Waals surface area contributed by atoms with Gasteiger partial charge in [0.05, 0.1) is 6.20 Å². The van der Waals surface area contributed by atoms with E-state index in [-0.39, 0.29) is 0 Å². The first-order valence-electron chi connectivity index (χ1n) is 4.42. The summed E-state index contributed by atoms with van der Waals surface area (Å²) >= 11 is 0. The second-order valence-electron chi connectivity index (χ2n) is 3.12. The van der Waals surface area contributed by atoms with Crippen molar-refractivity contribution >= 4 is 18.8 Å². The number of imidazole rings is 1. The zero-order valence-electron chi connectivity index (χ0n) is 8.11. The molecule has 2 rings (SSSR count). The molecule has 0 amide bonds. The first kappa shape index (κ1) is 10.9. The van der Waals surface area contributed by atoms with E-state index in [1.807, 2.05) is 0 Å². The minimum atomic E-state index is -4.09. The molecule has 0 aliphatic rings. The Balaban J connectivity index is 2.16. The molecule has 0 radical (unpaired) electrons. The van der Waals surface area contributed by atoms with Crippen LogP contribution in [0.25, 0.3) is 11.2 Å². The summed E-state index contributed by atoms with van der Waals surface area (Å²) in [6.07, 6.45) is 4.65. The highest BCUT2D eigenvalue weighted by Gasteiger charge is 2.06. The van der Waals surface area contributed by atoms with Crippen molar-refractivity contribution in [3.8, 4) is 0 Å². The summed E-state index contributed by atoms with van der Waals surface area (Å²) in [5.41, 5.74) is 1.23. The lowest BCUT2D eigenvalue weighted by molar-refractivity contribution is 0.386. The number of aromatic amines is 1. The molecular weight excluding hydrogens is 231 g/mol. The van der Waals surface area contributed by atoms with Crippen LogP contribution < -0.4 is 0 Å². The van der Waals surface area contributed by atoms with E-state index in [0.717, 1.165) is 5.82 Å². The van der Waals surface area contributed by atoms with Gasteiger partial charge in [-0.1, -0.05) is 6.08 Å². The van der Waals surface area contributed by atoms with E-state index in [1.165, 1.54) is 12.4 Å². The third-order valence-electron chi connectivity index (χ3n) is 1.82. The molecule has 0 fully saturated rings. The van der Waals surface area contributed by atoms with E-state index >= 15 is 0 Å². The van der Waals surface area contributed by atoms with Gasteiger partial charge >= 0.3 is 7.60 Å². The van der Waals surface area contributed by atoms with Gasteiger partial charge in [-0.25, -0.2) is 15.0 Å². The highest BCUT2D eigenvalue weighted by atomic mass is 31.2. The molecule has 0 aliphatic heterocycles. The molecule has 7 nitrogen and oxygen atoms in total. The summed E-state index contributed by atoms with van der Waals surface area (Å²) in [6.45, 7) is 0. The van der Waals surface area contributed by atoms with E-state index < -0.39 is 7.60 Å². The fourth-order valence-electron chi connectivity index (χ4n) is 1.21. The van der Waals surface area contributed by atoms with Crippen molar-refractivity contribution in [2.45, 2.75) is 6.42 Å². The molecule has 0 spiro atoms. The standard InChI is InChI=1S/C8H9N4O3P/c13-16(14,15)3-1-2-7-11-6-4-9-5-10-8(6)12-7/h1,3-5H,2H2,(H2,13,14,15)(H,9,10,11,12). The van der Waals surface area contributed by atoms with Crippen LogP contribution in [-0.4, -0.2) is 29.7 Å². The van der Waals surface area contributed by atoms with Crippen molar-refractivity contribution in [3.63, 3.8) is 0 Å². The topological polar surface area (TPSA) is 112 Å². The molecule has 3 N–H and O–H groups in total. The maximum Gasteiger partial charge on any atom is 0.348 e. The normalized spacial score (nSPS) is 12.6. The lowest BCUT2D eigenvalue weighted by atomic mass is 10.4. The van der Waals surface area contributed by atoms with Gasteiger partial charge in [0.15, 0.2) is 5.65 Å². The van der Waals surface area contributed by atoms with Crippen LogP contribution in [0.15, 0.2) is 24.4 Å². The van der Waals surface area contributed by atoms with Crippen LogP contribution in [0.1, 0.15) is 5.82 Å². The second kappa shape index (κ2) is 4.13. The van der Waals surface area contributed by atoms with Crippen molar-refractivity contribution in [1.82, 2.24) is 19.9 Å². The van der Waals surface area contributed by atoms with Crippen molar-refractivity contribution in [3.05, 3.63) is 30.2 Å². The molecule has 0 atom stereocenters. The fourth-order valence-corrected chi connectivity index (χ4v) is 1.59. The lowest BCUT2D eigenvalue weighted by Crippen LogP contribution is -1.83. The van der Waals surface area contributed by atoms with Gasteiger partial charge in [-0.05, 0) is 0 Å². The molecule has 2 heterocycles. The van der Waals surface area contributed by atoms with Crippen LogP contribution in [0.2, 0.25) is 0 Å². The Kier molecular flexibility index (Phi) is 2.82. The first-order valence-corrected chi connectivity index (χ1v) is 6.10. The van der Waals surface area contributed by atoms with Crippen molar-refractivity contribution in [2.75, 3.05) is 0 Å². The van der Waals surface area contributed by atoms with Gasteiger partial charge in [0.1, 0.15) is 17.7 Å². The van der Waals surface area contributed by atoms with Crippen LogP contribution in [0, 0.1) is 0 Å². The number of H-pyrrole nitrogens is 1. The number of aromatic nitrogens is 4. The Morgan fingerprint density at radius 1 is 1.50 bits per heavy atom. The van der Waals surface area contributed by atoms with E-state index in [0.29, 0.717) is 23.4 Å². The number of rotatable bonds is 3. The van der Waals surface area contributed by atoms with Crippen LogP contribution in [-0.2, 0) is 11.0 Å². The zero-order chi connectivity index (χ0) is 11.6. The Morgan fingerprint density at radius 2 is 2.31 bits per heavy atom. The van der Waals surface area contributed by atoms with E-state index in [2.05, 4.69) is 19.9 Å². The Morgan fingerprint density at radius 3 is 3.00 bits per heavy atom. The first-order chi connectivity index (χ1) is 7.54. The maximum absolute atomic E-state index is 10.5. The SMILES string of the molecule is O=P(O)(O)C=CCc1nc2ncncc2[nH]1. The number of fused-ring (bicyclic) bond motifs is 1. The van der Waals surface area contributed by atoms with E-state index in [9.17, 15) is 4.57 Å². The molecule has 0 saturated carbocycles. The number of nitrogens with zero attached hydrogens (tertiary/aromatic N) is 3. The molecule has 2 aromatic heterocycles. The summed E-state index contributed by atoms with van der Waals surface area (Å²) in [5.74, 6) is 1.44. The summed E-state index contributed by atoms with van der Waals surface area (Å²) in [5, 5.41) is 0. The van der Waals surface area contributed by atoms with Gasteiger partial charge in [0, 0.05) is 12.2 Å². The van der Waals surface area contributed by atoms with Gasteiger partial charge in [-0.15, -0.1) is 0 Å². The molecule has 0 aromatic carbocycles. The van der Waals surface area contributed by atoms with Crippen LogP contribution >= 0.6 is 7.60 Å². The minimum absolute atomic E-state index is 0.307. The van der Waals surface area contributed by atoms with Crippen LogP contribution in [0.3, 0.4) is 0 Å². The summed E-state index contributed by atoms with van der Waals surface area (Å²) in [6, 6.07) is 0. The number of nitrogens with one attached hydrogen (secondary N) is 1. The van der Waals surface area contributed by atoms with Crippen LogP contribution in [0.5, 0.6) is 0 Å². The molecule has 0 unspecified atom stereocenters. The molecule has 0 saturated heterocycles. The lowest BCUT2D eigenvalue weighted by Gasteiger charge is -1.92. The molecule has 2 aromatic rings. The molecule has 84 valence electrons. The molecule has 0 aliphatic carbocycles. The van der Waals surface area contributed by atoms with Crippen molar-refractivity contribution in [1.29, 1.82) is 0 Å². The smallest absolute Gasteiger partial charge is 0.339 e. The van der Waals surface area contributed by atoms with Gasteiger partial charge in [-0.3, -0.25) is 4.57 Å². The Labute approximate surface area is 90.4 Å². The molecule has 0 bridgehead atoms. The quantitative estimate of drug-likeness (QED) is 0.677. The third kappa shape index (κ3) is 2.73. The van der Waals surface area contributed by atoms with Gasteiger partial charge in [0.2, 0.25) is 0 Å². The van der Waals surface area contributed by atoms with Crippen LogP contribution in [0.4, 0.5) is 0 Å². The highest BCUT2D eigenvalue weighted by Crippen LogP contribution is 2.35. The monoisotopic (exact) mass is 240 g/mol. The summed E-state index contributed by atoms with van der Waals surface area (Å²) in [4.78, 5) is 32.0. The number of hydrogen-bond acceptors (Lipinski definition) is 4. The molecular formula is C8H9N4O3P. The Bertz CT molecular complexity index is 540. The highest BCUT2D eigenvalue weighted by molar-refractivity contribution is 7.55. The van der Waals surface area contributed by atoms with Gasteiger partial charge < -0.3 is 14.8 Å². The predicted molar refractivity (Wildman–Crippen MR) is 56.6 cm³/mol. The average molecular weight is 240 g/mol. The second-order valence-corrected chi connectivity index (χ2v) is 4.60. The van der Waals surface area contributed by atoms with Crippen molar-refractivity contribution in [2.24, 2.45) is 0 Å². The van der Waals surface area contributed by atoms with Crippen molar-refractivity contribution < 1.29 is 14.4 Å². The molecule has 16 heavy (non-hydrogen) atoms. The average Bonchev–Trinajstić information content (AvgIpc) is 2.57. The van der Waals surface area contributed by atoms with Gasteiger partial charge in [-0.2, -0.15) is 0 Å². The summed E-state index contributed by atoms with van der Waals surface area (Å²) in [7, 11) is -4.09. The summed E-state index contributed by atoms with van der Waals surface area (Å²) < 4.78 is 10.5. The molecule has 8 heteroatoms. The zero-order valence-corrected chi connectivity index (χ0v) is 9.00. The minimum Gasteiger partial charge on any atom is -0.339 e. The maximum atomic E-state index is 10.5. The third-order valence-corrected chi connectivity index (χ3v) is 2.42. The van der Waals surface area contributed by atoms with Gasteiger partial charge in [0.25, 0.3) is 0 Å². The largest absolute Gasteiger partial charge is 0.348 e. The number of hydrogen-bond donors (Lipinski definition) is 3. The predicted octanol–water partition coefficient (Wildman–Crippen LogP) is 0.587. The Hall–Kier alpha value is -1.56.